The lowest BCUT2D eigenvalue weighted by Crippen LogP contribution is -3.13. The number of halogens is 1. The number of carbonyl (C=O) groups excluding carboxylic acids is 1. The number of quaternary nitrogens is 1. The second-order valence-corrected chi connectivity index (χ2v) is 10.8. The van der Waals surface area contributed by atoms with Gasteiger partial charge in [-0.3, -0.25) is 4.79 Å². The second-order valence-electron chi connectivity index (χ2n) is 10.8. The maximum atomic E-state index is 13.4. The van der Waals surface area contributed by atoms with Crippen LogP contribution in [0.5, 0.6) is 0 Å². The van der Waals surface area contributed by atoms with E-state index < -0.39 is 0 Å². The van der Waals surface area contributed by atoms with Crippen LogP contribution in [0, 0.1) is 25.2 Å². The largest absolute Gasteiger partial charge is 1.00 e. The van der Waals surface area contributed by atoms with Crippen LogP contribution in [0.1, 0.15) is 65.8 Å². The predicted octanol–water partition coefficient (Wildman–Crippen LogP) is 1.86. The molecule has 1 aliphatic rings. The molecule has 1 saturated carbocycles. The van der Waals surface area contributed by atoms with Gasteiger partial charge in [0.1, 0.15) is 0 Å². The number of carbonyl (C=O) groups is 1. The Labute approximate surface area is 234 Å². The fourth-order valence-electron chi connectivity index (χ4n) is 5.72. The lowest BCUT2D eigenvalue weighted by Gasteiger charge is -2.37. The molecule has 1 atom stereocenters. The quantitative estimate of drug-likeness (QED) is 0.416. The maximum Gasteiger partial charge on any atom is 0.232 e. The summed E-state index contributed by atoms with van der Waals surface area (Å²) in [4.78, 5) is 14.9. The number of nitrogens with zero attached hydrogens (tertiary/aromatic N) is 1. The minimum Gasteiger partial charge on any atom is -1.00 e. The Bertz CT molecular complexity index is 1150. The van der Waals surface area contributed by atoms with Gasteiger partial charge < -0.3 is 22.6 Å². The summed E-state index contributed by atoms with van der Waals surface area (Å²) in [5.74, 6) is -0.244. The van der Waals surface area contributed by atoms with E-state index in [0.29, 0.717) is 12.6 Å². The zero-order valence-corrected chi connectivity index (χ0v) is 23.6. The molecule has 1 unspecified atom stereocenters. The molecule has 1 amide bonds. The third-order valence-corrected chi connectivity index (χ3v) is 8.21. The van der Waals surface area contributed by atoms with Crippen molar-refractivity contribution in [2.45, 2.75) is 63.3 Å². The van der Waals surface area contributed by atoms with Crippen molar-refractivity contribution in [3.63, 3.8) is 0 Å². The summed E-state index contributed by atoms with van der Waals surface area (Å²) in [5, 5.41) is 13.2. The van der Waals surface area contributed by atoms with Crippen LogP contribution in [0.3, 0.4) is 0 Å². The Kier molecular flexibility index (Phi) is 10.5. The Balaban J connectivity index is 0.00000400. The van der Waals surface area contributed by atoms with Crippen LogP contribution >= 0.6 is 0 Å². The van der Waals surface area contributed by atoms with E-state index in [1.807, 2.05) is 18.2 Å². The van der Waals surface area contributed by atoms with Gasteiger partial charge in [0.15, 0.2) is 0 Å². The molecule has 2 N–H and O–H groups in total. The molecule has 0 radical (unpaired) electrons. The second kappa shape index (κ2) is 13.6. The fraction of sp³-hybridized carbons (Fsp3) is 0.394. The van der Waals surface area contributed by atoms with E-state index in [0.717, 1.165) is 55.3 Å². The predicted molar refractivity (Wildman–Crippen MR) is 150 cm³/mol. The highest BCUT2D eigenvalue weighted by Crippen LogP contribution is 2.38. The Morgan fingerprint density at radius 1 is 0.947 bits per heavy atom. The zero-order valence-electron chi connectivity index (χ0n) is 22.8. The van der Waals surface area contributed by atoms with Crippen LogP contribution in [0.15, 0.2) is 78.9 Å². The Morgan fingerprint density at radius 3 is 1.97 bits per heavy atom. The molecular weight excluding hydrogens is 490 g/mol. The first kappa shape index (κ1) is 29.4. The molecule has 5 heteroatoms. The van der Waals surface area contributed by atoms with E-state index in [-0.39, 0.29) is 29.6 Å². The van der Waals surface area contributed by atoms with E-state index in [9.17, 15) is 10.1 Å². The number of benzene rings is 3. The van der Waals surface area contributed by atoms with Gasteiger partial charge in [-0.2, -0.15) is 5.26 Å². The number of amides is 1. The summed E-state index contributed by atoms with van der Waals surface area (Å²) in [7, 11) is 2.26. The van der Waals surface area contributed by atoms with E-state index in [1.54, 1.807) is 0 Å². The summed E-state index contributed by atoms with van der Waals surface area (Å²) in [5.41, 5.74) is 5.25. The molecule has 4 nitrogen and oxygen atoms in total. The lowest BCUT2D eigenvalue weighted by molar-refractivity contribution is -0.907. The van der Waals surface area contributed by atoms with Crippen molar-refractivity contribution in [1.82, 2.24) is 5.32 Å². The topological polar surface area (TPSA) is 57.3 Å². The standard InChI is InChI=1S/C33H39N3O.ClH/c1-25-10-14-27(15-11-25)31(28-16-12-26(2)13-17-28)32(37)35-22-7-23-36(3)30-18-20-33(24-34,21-19-30)29-8-5-4-6-9-29;/h4-6,8-17,30-31H,7,18-23H2,1-3H3,(H,35,37);1H. The lowest BCUT2D eigenvalue weighted by atomic mass is 9.69. The van der Waals surface area contributed by atoms with Crippen molar-refractivity contribution in [1.29, 1.82) is 5.26 Å². The van der Waals surface area contributed by atoms with E-state index in [1.165, 1.54) is 16.0 Å². The van der Waals surface area contributed by atoms with E-state index >= 15 is 0 Å². The smallest absolute Gasteiger partial charge is 0.232 e. The average molecular weight is 530 g/mol. The molecule has 0 saturated heterocycles. The van der Waals surface area contributed by atoms with Gasteiger partial charge in [0.05, 0.1) is 37.0 Å². The highest BCUT2D eigenvalue weighted by molar-refractivity contribution is 5.87. The van der Waals surface area contributed by atoms with Crippen molar-refractivity contribution < 1.29 is 22.1 Å². The van der Waals surface area contributed by atoms with Crippen molar-refractivity contribution in [3.05, 3.63) is 107 Å². The van der Waals surface area contributed by atoms with E-state index in [2.05, 4.69) is 92.9 Å². The number of rotatable bonds is 9. The highest BCUT2D eigenvalue weighted by Gasteiger charge is 2.39. The summed E-state index contributed by atoms with van der Waals surface area (Å²) in [6, 6.07) is 30.1. The fourth-order valence-corrected chi connectivity index (χ4v) is 5.72. The maximum absolute atomic E-state index is 13.4. The van der Waals surface area contributed by atoms with E-state index in [4.69, 9.17) is 0 Å². The summed E-state index contributed by atoms with van der Waals surface area (Å²) >= 11 is 0. The first-order valence-corrected chi connectivity index (χ1v) is 13.6. The van der Waals surface area contributed by atoms with Crippen LogP contribution in [0.25, 0.3) is 0 Å². The minimum absolute atomic E-state index is 0. The molecule has 1 fully saturated rings. The minimum atomic E-state index is -0.340. The zero-order chi connectivity index (χ0) is 26.3. The third kappa shape index (κ3) is 7.04. The Hall–Kier alpha value is -3.13. The van der Waals surface area contributed by atoms with Gasteiger partial charge in [0.25, 0.3) is 0 Å². The van der Waals surface area contributed by atoms with Crippen LogP contribution < -0.4 is 22.6 Å². The van der Waals surface area contributed by atoms with Crippen LogP contribution in [0.2, 0.25) is 0 Å². The number of hydrogen-bond acceptors (Lipinski definition) is 2. The molecular formula is C33H40ClN3O. The first-order chi connectivity index (χ1) is 17.9. The number of aryl methyl sites for hydroxylation is 2. The molecule has 1 aliphatic carbocycles. The van der Waals surface area contributed by atoms with Crippen LogP contribution in [-0.2, 0) is 10.2 Å². The summed E-state index contributed by atoms with van der Waals surface area (Å²) < 4.78 is 0. The SMILES string of the molecule is Cc1ccc(C(C(=O)NCCC[NH+](C)C2CCC(C#N)(c3ccccc3)CC2)c2ccc(C)cc2)cc1.[Cl-]. The molecule has 3 aromatic rings. The van der Waals surface area contributed by atoms with Gasteiger partial charge >= 0.3 is 0 Å². The van der Waals surface area contributed by atoms with Crippen molar-refractivity contribution in [2.24, 2.45) is 0 Å². The molecule has 0 spiro atoms. The van der Waals surface area contributed by atoms with Gasteiger partial charge in [-0.15, -0.1) is 0 Å². The van der Waals surface area contributed by atoms with Crippen LogP contribution in [-0.4, -0.2) is 32.1 Å². The van der Waals surface area contributed by atoms with Gasteiger partial charge in [0.2, 0.25) is 5.91 Å². The molecule has 0 heterocycles. The van der Waals surface area contributed by atoms with Crippen molar-refractivity contribution in [2.75, 3.05) is 20.1 Å². The van der Waals surface area contributed by atoms with Crippen molar-refractivity contribution >= 4 is 5.91 Å². The number of hydrogen-bond donors (Lipinski definition) is 2. The monoisotopic (exact) mass is 529 g/mol. The van der Waals surface area contributed by atoms with Gasteiger partial charge in [0, 0.05) is 25.8 Å². The molecule has 38 heavy (non-hydrogen) atoms. The highest BCUT2D eigenvalue weighted by atomic mass is 35.5. The summed E-state index contributed by atoms with van der Waals surface area (Å²) in [6.45, 7) is 5.81. The normalized spacial score (nSPS) is 19.7. The van der Waals surface area contributed by atoms with Gasteiger partial charge in [-0.05, 0) is 43.4 Å². The molecule has 0 aromatic heterocycles. The van der Waals surface area contributed by atoms with Gasteiger partial charge in [-0.1, -0.05) is 90.0 Å². The molecule has 3 aromatic carbocycles. The molecule has 200 valence electrons. The molecule has 0 bridgehead atoms. The van der Waals surface area contributed by atoms with Crippen LogP contribution in [0.4, 0.5) is 0 Å². The Morgan fingerprint density at radius 2 is 1.47 bits per heavy atom. The average Bonchev–Trinajstić information content (AvgIpc) is 2.94. The first-order valence-electron chi connectivity index (χ1n) is 13.6. The molecule has 4 rings (SSSR count). The number of nitrogens with one attached hydrogen (secondary N) is 2. The molecule has 0 aliphatic heterocycles. The number of nitriles is 1. The third-order valence-electron chi connectivity index (χ3n) is 8.21. The van der Waals surface area contributed by atoms with Gasteiger partial charge in [-0.25, -0.2) is 0 Å². The van der Waals surface area contributed by atoms with Crippen molar-refractivity contribution in [3.8, 4) is 6.07 Å². The summed E-state index contributed by atoms with van der Waals surface area (Å²) in [6.07, 6.45) is 4.89.